The number of nitrogens with two attached hydrogens (primary N) is 1. The van der Waals surface area contributed by atoms with Crippen molar-refractivity contribution in [2.24, 2.45) is 5.73 Å². The lowest BCUT2D eigenvalue weighted by Crippen LogP contribution is -2.40. The van der Waals surface area contributed by atoms with E-state index in [0.717, 1.165) is 32.1 Å². The van der Waals surface area contributed by atoms with E-state index < -0.39 is 0 Å². The van der Waals surface area contributed by atoms with Gasteiger partial charge in [0.05, 0.1) is 6.10 Å². The molecule has 0 heterocycles. The van der Waals surface area contributed by atoms with Gasteiger partial charge in [-0.3, -0.25) is 4.79 Å². The fourth-order valence-corrected chi connectivity index (χ4v) is 1.89. The topological polar surface area (TPSA) is 75.4 Å². The molecule has 4 heteroatoms. The Kier molecular flexibility index (Phi) is 5.05. The summed E-state index contributed by atoms with van der Waals surface area (Å²) in [5, 5.41) is 12.3. The Bertz CT molecular complexity index is 201. The van der Waals surface area contributed by atoms with Crippen LogP contribution in [0.2, 0.25) is 0 Å². The van der Waals surface area contributed by atoms with Gasteiger partial charge < -0.3 is 16.2 Å². The lowest BCUT2D eigenvalue weighted by Gasteiger charge is -2.26. The van der Waals surface area contributed by atoms with Crippen LogP contribution in [0.3, 0.4) is 0 Å². The van der Waals surface area contributed by atoms with Crippen LogP contribution >= 0.6 is 0 Å². The van der Waals surface area contributed by atoms with Gasteiger partial charge in [0.2, 0.25) is 5.91 Å². The zero-order valence-corrected chi connectivity index (χ0v) is 9.41. The van der Waals surface area contributed by atoms with Crippen LogP contribution in [0, 0.1) is 0 Å². The van der Waals surface area contributed by atoms with E-state index in [9.17, 15) is 9.90 Å². The van der Waals surface area contributed by atoms with Gasteiger partial charge in [0.15, 0.2) is 0 Å². The highest BCUT2D eigenvalue weighted by molar-refractivity contribution is 5.76. The molecule has 0 aromatic rings. The van der Waals surface area contributed by atoms with Crippen LogP contribution in [0.1, 0.15) is 45.4 Å². The van der Waals surface area contributed by atoms with Crippen LogP contribution in [-0.2, 0) is 4.79 Å². The summed E-state index contributed by atoms with van der Waals surface area (Å²) in [6.45, 7) is 1.98. The predicted molar refractivity (Wildman–Crippen MR) is 59.3 cm³/mol. The molecule has 0 radical (unpaired) electrons. The van der Waals surface area contributed by atoms with E-state index in [1.807, 2.05) is 6.92 Å². The molecule has 4 N–H and O–H groups in total. The van der Waals surface area contributed by atoms with Crippen molar-refractivity contribution in [3.63, 3.8) is 0 Å². The van der Waals surface area contributed by atoms with E-state index in [1.165, 1.54) is 0 Å². The van der Waals surface area contributed by atoms with Crippen molar-refractivity contribution < 1.29 is 9.90 Å². The third-order valence-corrected chi connectivity index (χ3v) is 3.03. The summed E-state index contributed by atoms with van der Waals surface area (Å²) >= 11 is 0. The molecular formula is C11H22N2O2. The average molecular weight is 214 g/mol. The Labute approximate surface area is 91.2 Å². The molecule has 0 bridgehead atoms. The molecule has 0 aromatic carbocycles. The van der Waals surface area contributed by atoms with Crippen molar-refractivity contribution in [1.29, 1.82) is 0 Å². The quantitative estimate of drug-likeness (QED) is 0.639. The van der Waals surface area contributed by atoms with E-state index in [-0.39, 0.29) is 24.1 Å². The SMILES string of the molecule is CCC(N)CC(=O)NC1CCC(O)CC1. The van der Waals surface area contributed by atoms with Gasteiger partial charge in [-0.1, -0.05) is 6.92 Å². The molecule has 88 valence electrons. The van der Waals surface area contributed by atoms with Gasteiger partial charge >= 0.3 is 0 Å². The third-order valence-electron chi connectivity index (χ3n) is 3.03. The summed E-state index contributed by atoms with van der Waals surface area (Å²) in [7, 11) is 0. The van der Waals surface area contributed by atoms with Gasteiger partial charge in [0, 0.05) is 18.5 Å². The van der Waals surface area contributed by atoms with Crippen LogP contribution in [0.25, 0.3) is 0 Å². The molecule has 1 saturated carbocycles. The Morgan fingerprint density at radius 1 is 1.47 bits per heavy atom. The second-order valence-corrected chi connectivity index (χ2v) is 4.45. The number of rotatable bonds is 4. The summed E-state index contributed by atoms with van der Waals surface area (Å²) in [5.74, 6) is 0.0470. The maximum Gasteiger partial charge on any atom is 0.221 e. The molecule has 0 aliphatic heterocycles. The zero-order chi connectivity index (χ0) is 11.3. The second-order valence-electron chi connectivity index (χ2n) is 4.45. The molecule has 0 aromatic heterocycles. The smallest absolute Gasteiger partial charge is 0.221 e. The van der Waals surface area contributed by atoms with E-state index in [0.29, 0.717) is 6.42 Å². The number of aliphatic hydroxyl groups is 1. The number of amides is 1. The minimum atomic E-state index is -0.170. The first-order valence-corrected chi connectivity index (χ1v) is 5.84. The maximum atomic E-state index is 11.5. The first kappa shape index (κ1) is 12.5. The third kappa shape index (κ3) is 4.62. The van der Waals surface area contributed by atoms with Crippen molar-refractivity contribution in [3.05, 3.63) is 0 Å². The molecule has 0 spiro atoms. The van der Waals surface area contributed by atoms with Crippen molar-refractivity contribution >= 4 is 5.91 Å². The van der Waals surface area contributed by atoms with Crippen LogP contribution in [0.15, 0.2) is 0 Å². The number of carbonyl (C=O) groups is 1. The minimum absolute atomic E-state index is 0.0285. The molecule has 1 unspecified atom stereocenters. The van der Waals surface area contributed by atoms with Crippen molar-refractivity contribution in [3.8, 4) is 0 Å². The number of hydrogen-bond donors (Lipinski definition) is 3. The first-order chi connectivity index (χ1) is 7.11. The number of aliphatic hydroxyl groups excluding tert-OH is 1. The van der Waals surface area contributed by atoms with Gasteiger partial charge in [0.1, 0.15) is 0 Å². The standard InChI is InChI=1S/C11H22N2O2/c1-2-8(12)7-11(15)13-9-3-5-10(14)6-4-9/h8-10,14H,2-7,12H2,1H3,(H,13,15). The zero-order valence-electron chi connectivity index (χ0n) is 9.41. The molecule has 4 nitrogen and oxygen atoms in total. The summed E-state index contributed by atoms with van der Waals surface area (Å²) in [6, 6.07) is 0.212. The Balaban J connectivity index is 2.20. The van der Waals surface area contributed by atoms with Gasteiger partial charge in [-0.2, -0.15) is 0 Å². The van der Waals surface area contributed by atoms with Crippen LogP contribution in [0.4, 0.5) is 0 Å². The fraction of sp³-hybridized carbons (Fsp3) is 0.909. The highest BCUT2D eigenvalue weighted by atomic mass is 16.3. The molecule has 0 saturated heterocycles. The molecule has 15 heavy (non-hydrogen) atoms. The monoisotopic (exact) mass is 214 g/mol. The first-order valence-electron chi connectivity index (χ1n) is 5.84. The molecule has 1 amide bonds. The number of carbonyl (C=O) groups excluding carboxylic acids is 1. The molecular weight excluding hydrogens is 192 g/mol. The molecule has 1 aliphatic carbocycles. The summed E-state index contributed by atoms with van der Waals surface area (Å²) in [6.07, 6.45) is 4.43. The van der Waals surface area contributed by atoms with E-state index in [1.54, 1.807) is 0 Å². The number of hydrogen-bond acceptors (Lipinski definition) is 3. The summed E-state index contributed by atoms with van der Waals surface area (Å²) < 4.78 is 0. The van der Waals surface area contributed by atoms with Crippen LogP contribution in [0.5, 0.6) is 0 Å². The lowest BCUT2D eigenvalue weighted by molar-refractivity contribution is -0.122. The Morgan fingerprint density at radius 2 is 2.07 bits per heavy atom. The maximum absolute atomic E-state index is 11.5. The second kappa shape index (κ2) is 6.08. The van der Waals surface area contributed by atoms with E-state index in [2.05, 4.69) is 5.32 Å². The molecule has 1 fully saturated rings. The minimum Gasteiger partial charge on any atom is -0.393 e. The number of nitrogens with one attached hydrogen (secondary N) is 1. The molecule has 1 atom stereocenters. The summed E-state index contributed by atoms with van der Waals surface area (Å²) in [5.41, 5.74) is 5.70. The van der Waals surface area contributed by atoms with Crippen molar-refractivity contribution in [1.82, 2.24) is 5.32 Å². The van der Waals surface area contributed by atoms with Gasteiger partial charge in [0.25, 0.3) is 0 Å². The van der Waals surface area contributed by atoms with Crippen LogP contribution < -0.4 is 11.1 Å². The lowest BCUT2D eigenvalue weighted by atomic mass is 9.93. The van der Waals surface area contributed by atoms with E-state index >= 15 is 0 Å². The van der Waals surface area contributed by atoms with Gasteiger partial charge in [-0.15, -0.1) is 0 Å². The normalized spacial score (nSPS) is 28.5. The van der Waals surface area contributed by atoms with Gasteiger partial charge in [-0.25, -0.2) is 0 Å². The van der Waals surface area contributed by atoms with Crippen LogP contribution in [-0.4, -0.2) is 29.2 Å². The van der Waals surface area contributed by atoms with Crippen molar-refractivity contribution in [2.45, 2.75) is 63.6 Å². The fourth-order valence-electron chi connectivity index (χ4n) is 1.89. The average Bonchev–Trinajstić information content (AvgIpc) is 2.21. The largest absolute Gasteiger partial charge is 0.393 e. The van der Waals surface area contributed by atoms with Gasteiger partial charge in [-0.05, 0) is 32.1 Å². The Hall–Kier alpha value is -0.610. The summed E-state index contributed by atoms with van der Waals surface area (Å²) in [4.78, 5) is 11.5. The van der Waals surface area contributed by atoms with E-state index in [4.69, 9.17) is 5.73 Å². The predicted octanol–water partition coefficient (Wildman–Crippen LogP) is 0.533. The highest BCUT2D eigenvalue weighted by Crippen LogP contribution is 2.18. The molecule has 1 rings (SSSR count). The highest BCUT2D eigenvalue weighted by Gasteiger charge is 2.21. The Morgan fingerprint density at radius 3 is 2.60 bits per heavy atom. The molecule has 1 aliphatic rings. The van der Waals surface area contributed by atoms with Crippen molar-refractivity contribution in [2.75, 3.05) is 0 Å².